The van der Waals surface area contributed by atoms with E-state index in [9.17, 15) is 0 Å². The molecule has 9 rings (SSSR count). The van der Waals surface area contributed by atoms with Crippen LogP contribution in [0, 0.1) is 17.7 Å². The fourth-order valence-electron chi connectivity index (χ4n) is 7.57. The molecule has 0 saturated heterocycles. The summed E-state index contributed by atoms with van der Waals surface area (Å²) in [4.78, 5) is 0. The van der Waals surface area contributed by atoms with Crippen LogP contribution >= 0.6 is 0 Å². The SMILES string of the molecule is Cc1ccccc1-c1ccc2c(c1)c1cc(-c3ccccc3)ccc1n2-c1cc(C=N)c(-n2c3ccccc3c3ccccc32)cc1C=N. The lowest BCUT2D eigenvalue weighted by Crippen LogP contribution is -2.06. The Morgan fingerprint density at radius 1 is 0.408 bits per heavy atom. The molecular weight excluding hydrogens is 597 g/mol. The number of benzene rings is 7. The molecule has 0 aliphatic rings. The minimum absolute atomic E-state index is 0.774. The van der Waals surface area contributed by atoms with E-state index >= 15 is 0 Å². The standard InChI is InChI=1S/C45H32N4/c1-29-11-5-6-14-35(29)32-20-22-43-39(24-32)38-23-31(30-12-3-2-4-13-30)19-21-42(38)49(43)45-26-33(27-46)44(25-34(45)28-47)48-40-17-9-7-15-36(40)37-16-8-10-18-41(37)48/h2-28,46-47H,1H3. The maximum atomic E-state index is 8.69. The van der Waals surface area contributed by atoms with E-state index in [4.69, 9.17) is 10.8 Å². The van der Waals surface area contributed by atoms with Crippen LogP contribution in [0.1, 0.15) is 16.7 Å². The molecule has 0 amide bonds. The van der Waals surface area contributed by atoms with Crippen LogP contribution in [-0.4, -0.2) is 21.6 Å². The van der Waals surface area contributed by atoms with E-state index in [0.717, 1.165) is 71.7 Å². The molecule has 4 heteroatoms. The molecule has 0 saturated carbocycles. The molecule has 0 aliphatic heterocycles. The topological polar surface area (TPSA) is 57.6 Å². The van der Waals surface area contributed by atoms with Crippen LogP contribution in [0.15, 0.2) is 152 Å². The number of hydrogen-bond donors (Lipinski definition) is 2. The van der Waals surface area contributed by atoms with Gasteiger partial charge in [-0.3, -0.25) is 0 Å². The molecule has 0 aliphatic carbocycles. The molecule has 0 atom stereocenters. The Morgan fingerprint density at radius 3 is 1.45 bits per heavy atom. The molecule has 2 N–H and O–H groups in total. The minimum Gasteiger partial charge on any atom is -0.309 e. The van der Waals surface area contributed by atoms with Crippen LogP contribution in [0.2, 0.25) is 0 Å². The summed E-state index contributed by atoms with van der Waals surface area (Å²) in [6.45, 7) is 2.16. The lowest BCUT2D eigenvalue weighted by molar-refractivity contribution is 1.13. The Morgan fingerprint density at radius 2 is 0.878 bits per heavy atom. The van der Waals surface area contributed by atoms with Crippen molar-refractivity contribution in [1.29, 1.82) is 10.8 Å². The summed E-state index contributed by atoms with van der Waals surface area (Å²) in [5.41, 5.74) is 13.5. The van der Waals surface area contributed by atoms with Crippen LogP contribution in [-0.2, 0) is 0 Å². The average molecular weight is 629 g/mol. The van der Waals surface area contributed by atoms with Gasteiger partial charge in [-0.05, 0) is 83.3 Å². The predicted octanol–water partition coefficient (Wildman–Crippen LogP) is 11.5. The molecule has 7 aromatic carbocycles. The molecule has 2 aromatic heterocycles. The third kappa shape index (κ3) is 4.45. The van der Waals surface area contributed by atoms with Crippen LogP contribution < -0.4 is 0 Å². The molecule has 9 aromatic rings. The summed E-state index contributed by atoms with van der Waals surface area (Å²) in [6.07, 6.45) is 2.88. The third-order valence-corrected chi connectivity index (χ3v) is 9.88. The largest absolute Gasteiger partial charge is 0.309 e. The van der Waals surface area contributed by atoms with Crippen molar-refractivity contribution in [2.75, 3.05) is 0 Å². The summed E-state index contributed by atoms with van der Waals surface area (Å²) >= 11 is 0. The first-order valence-electron chi connectivity index (χ1n) is 16.5. The highest BCUT2D eigenvalue weighted by Gasteiger charge is 2.20. The van der Waals surface area contributed by atoms with Gasteiger partial charge in [-0.2, -0.15) is 0 Å². The van der Waals surface area contributed by atoms with Gasteiger partial charge in [0.2, 0.25) is 0 Å². The fraction of sp³-hybridized carbons (Fsp3) is 0.0222. The second-order valence-electron chi connectivity index (χ2n) is 12.6. The zero-order valence-corrected chi connectivity index (χ0v) is 27.0. The van der Waals surface area contributed by atoms with Crippen molar-refractivity contribution in [3.05, 3.63) is 168 Å². The number of hydrogen-bond acceptors (Lipinski definition) is 2. The zero-order valence-electron chi connectivity index (χ0n) is 27.0. The van der Waals surface area contributed by atoms with Gasteiger partial charge in [0.05, 0.1) is 33.4 Å². The summed E-state index contributed by atoms with van der Waals surface area (Å²) in [6, 6.07) is 53.3. The van der Waals surface area contributed by atoms with E-state index in [1.54, 1.807) is 0 Å². The van der Waals surface area contributed by atoms with Crippen molar-refractivity contribution in [3.63, 3.8) is 0 Å². The van der Waals surface area contributed by atoms with Gasteiger partial charge in [0.25, 0.3) is 0 Å². The number of fused-ring (bicyclic) bond motifs is 6. The monoisotopic (exact) mass is 628 g/mol. The van der Waals surface area contributed by atoms with E-state index in [1.807, 2.05) is 6.07 Å². The van der Waals surface area contributed by atoms with E-state index in [2.05, 4.69) is 162 Å². The van der Waals surface area contributed by atoms with Crippen molar-refractivity contribution < 1.29 is 0 Å². The quantitative estimate of drug-likeness (QED) is 0.172. The Labute approximate surface area is 284 Å². The van der Waals surface area contributed by atoms with Crippen LogP contribution in [0.4, 0.5) is 0 Å². The van der Waals surface area contributed by atoms with E-state index < -0.39 is 0 Å². The first-order chi connectivity index (χ1) is 24.1. The van der Waals surface area contributed by atoms with Gasteiger partial charge in [-0.1, -0.05) is 103 Å². The highest BCUT2D eigenvalue weighted by Crippen LogP contribution is 2.40. The van der Waals surface area contributed by atoms with Gasteiger partial charge >= 0.3 is 0 Å². The van der Waals surface area contributed by atoms with E-state index in [0.29, 0.717) is 0 Å². The number of aromatic nitrogens is 2. The maximum Gasteiger partial charge on any atom is 0.0557 e. The molecule has 0 spiro atoms. The molecule has 0 radical (unpaired) electrons. The number of nitrogens with zero attached hydrogens (tertiary/aromatic N) is 2. The molecule has 232 valence electrons. The van der Waals surface area contributed by atoms with Crippen LogP contribution in [0.5, 0.6) is 0 Å². The van der Waals surface area contributed by atoms with Crippen LogP contribution in [0.25, 0.3) is 77.2 Å². The maximum absolute atomic E-state index is 8.69. The number of rotatable bonds is 6. The Hall–Kier alpha value is -6.52. The van der Waals surface area contributed by atoms with Crippen molar-refractivity contribution >= 4 is 56.0 Å². The Bertz CT molecular complexity index is 2710. The van der Waals surface area contributed by atoms with Crippen molar-refractivity contribution in [3.8, 4) is 33.6 Å². The predicted molar refractivity (Wildman–Crippen MR) is 207 cm³/mol. The third-order valence-electron chi connectivity index (χ3n) is 9.88. The normalized spacial score (nSPS) is 11.5. The number of para-hydroxylation sites is 2. The van der Waals surface area contributed by atoms with Crippen molar-refractivity contribution in [2.24, 2.45) is 0 Å². The molecule has 2 heterocycles. The molecule has 0 unspecified atom stereocenters. The summed E-state index contributed by atoms with van der Waals surface area (Å²) < 4.78 is 4.50. The molecule has 0 bridgehead atoms. The summed E-state index contributed by atoms with van der Waals surface area (Å²) in [5, 5.41) is 21.9. The highest BCUT2D eigenvalue weighted by atomic mass is 15.0. The van der Waals surface area contributed by atoms with Crippen molar-refractivity contribution in [2.45, 2.75) is 6.92 Å². The van der Waals surface area contributed by atoms with Gasteiger partial charge in [0.15, 0.2) is 0 Å². The zero-order chi connectivity index (χ0) is 33.1. The van der Waals surface area contributed by atoms with Gasteiger partial charge in [0, 0.05) is 45.1 Å². The van der Waals surface area contributed by atoms with Crippen molar-refractivity contribution in [1.82, 2.24) is 9.13 Å². The number of nitrogens with one attached hydrogen (secondary N) is 2. The first-order valence-corrected chi connectivity index (χ1v) is 16.5. The highest BCUT2D eigenvalue weighted by molar-refractivity contribution is 6.13. The molecule has 4 nitrogen and oxygen atoms in total. The van der Waals surface area contributed by atoms with Gasteiger partial charge in [0.1, 0.15) is 0 Å². The molecular formula is C45H32N4. The van der Waals surface area contributed by atoms with Gasteiger partial charge < -0.3 is 20.0 Å². The van der Waals surface area contributed by atoms with E-state index in [1.165, 1.54) is 34.7 Å². The van der Waals surface area contributed by atoms with Crippen LogP contribution in [0.3, 0.4) is 0 Å². The second kappa shape index (κ2) is 11.3. The Balaban J connectivity index is 1.34. The van der Waals surface area contributed by atoms with Gasteiger partial charge in [-0.25, -0.2) is 0 Å². The minimum atomic E-state index is 0.774. The second-order valence-corrected chi connectivity index (χ2v) is 12.6. The lowest BCUT2D eigenvalue weighted by Gasteiger charge is -2.17. The number of aryl methyl sites for hydroxylation is 1. The van der Waals surface area contributed by atoms with Gasteiger partial charge in [-0.15, -0.1) is 0 Å². The average Bonchev–Trinajstić information content (AvgIpc) is 3.67. The Kier molecular flexibility index (Phi) is 6.63. The van der Waals surface area contributed by atoms with E-state index in [-0.39, 0.29) is 0 Å². The lowest BCUT2D eigenvalue weighted by atomic mass is 9.98. The smallest absolute Gasteiger partial charge is 0.0557 e. The summed E-state index contributed by atoms with van der Waals surface area (Å²) in [7, 11) is 0. The summed E-state index contributed by atoms with van der Waals surface area (Å²) in [5.74, 6) is 0. The first kappa shape index (κ1) is 28.7. The fourth-order valence-corrected chi connectivity index (χ4v) is 7.57. The molecule has 49 heavy (non-hydrogen) atoms. The molecule has 0 fully saturated rings.